The summed E-state index contributed by atoms with van der Waals surface area (Å²) in [5.74, 6) is -0.366. The van der Waals surface area contributed by atoms with E-state index in [1.807, 2.05) is 0 Å². The molecule has 0 saturated heterocycles. The van der Waals surface area contributed by atoms with Gasteiger partial charge in [0.25, 0.3) is 5.91 Å². The van der Waals surface area contributed by atoms with Crippen molar-refractivity contribution in [2.75, 3.05) is 11.1 Å². The van der Waals surface area contributed by atoms with Gasteiger partial charge in [0, 0.05) is 10.7 Å². The Morgan fingerprint density at radius 2 is 1.74 bits per heavy atom. The molecule has 19 heavy (non-hydrogen) atoms. The average Bonchev–Trinajstić information content (AvgIpc) is 2.32. The van der Waals surface area contributed by atoms with E-state index >= 15 is 0 Å². The van der Waals surface area contributed by atoms with Crippen molar-refractivity contribution in [1.29, 1.82) is 0 Å². The second-order valence-electron chi connectivity index (χ2n) is 3.82. The normalized spacial score (nSPS) is 10.3. The SMILES string of the molecule is Nc1ccc(C(=O)Nc2ccc(Cl)cc2Cl)c(Cl)c1. The van der Waals surface area contributed by atoms with Crippen LogP contribution in [0.1, 0.15) is 10.4 Å². The lowest BCUT2D eigenvalue weighted by Crippen LogP contribution is -2.12. The molecule has 0 aromatic heterocycles. The number of carbonyl (C=O) groups excluding carboxylic acids is 1. The number of anilines is 2. The number of amides is 1. The molecule has 98 valence electrons. The van der Waals surface area contributed by atoms with Crippen molar-refractivity contribution in [2.45, 2.75) is 0 Å². The molecule has 0 saturated carbocycles. The zero-order chi connectivity index (χ0) is 14.0. The van der Waals surface area contributed by atoms with Gasteiger partial charge >= 0.3 is 0 Å². The van der Waals surface area contributed by atoms with Gasteiger partial charge in [0.15, 0.2) is 0 Å². The standard InChI is InChI=1S/C13H9Cl3N2O/c14-7-1-4-12(11(16)5-7)18-13(19)9-3-2-8(17)6-10(9)15/h1-6H,17H2,(H,18,19). The van der Waals surface area contributed by atoms with Crippen molar-refractivity contribution < 1.29 is 4.79 Å². The topological polar surface area (TPSA) is 55.1 Å². The fraction of sp³-hybridized carbons (Fsp3) is 0. The molecule has 3 nitrogen and oxygen atoms in total. The van der Waals surface area contributed by atoms with Crippen LogP contribution >= 0.6 is 34.8 Å². The molecule has 0 bridgehead atoms. The lowest BCUT2D eigenvalue weighted by molar-refractivity contribution is 0.102. The minimum absolute atomic E-state index is 0.280. The van der Waals surface area contributed by atoms with Crippen LogP contribution in [-0.2, 0) is 0 Å². The van der Waals surface area contributed by atoms with Gasteiger partial charge in [-0.25, -0.2) is 0 Å². The first-order valence-corrected chi connectivity index (χ1v) is 6.42. The van der Waals surface area contributed by atoms with E-state index in [-0.39, 0.29) is 10.9 Å². The Kier molecular flexibility index (Phi) is 4.20. The van der Waals surface area contributed by atoms with Crippen LogP contribution in [0.25, 0.3) is 0 Å². The fourth-order valence-corrected chi connectivity index (χ4v) is 2.23. The first kappa shape index (κ1) is 14.0. The predicted octanol–water partition coefficient (Wildman–Crippen LogP) is 4.48. The molecular weight excluding hydrogens is 307 g/mol. The van der Waals surface area contributed by atoms with Crippen LogP contribution in [0.3, 0.4) is 0 Å². The monoisotopic (exact) mass is 314 g/mol. The summed E-state index contributed by atoms with van der Waals surface area (Å²) in [7, 11) is 0. The first-order chi connectivity index (χ1) is 8.97. The van der Waals surface area contributed by atoms with E-state index in [9.17, 15) is 4.79 Å². The van der Waals surface area contributed by atoms with Crippen LogP contribution in [0, 0.1) is 0 Å². The van der Waals surface area contributed by atoms with Gasteiger partial charge in [0.2, 0.25) is 0 Å². The summed E-state index contributed by atoms with van der Waals surface area (Å²) in [6.45, 7) is 0. The van der Waals surface area contributed by atoms with Crippen molar-refractivity contribution in [1.82, 2.24) is 0 Å². The van der Waals surface area contributed by atoms with Gasteiger partial charge in [0.1, 0.15) is 0 Å². The lowest BCUT2D eigenvalue weighted by Gasteiger charge is -2.09. The second-order valence-corrected chi connectivity index (χ2v) is 5.07. The van der Waals surface area contributed by atoms with Crippen LogP contribution in [0.2, 0.25) is 15.1 Å². The first-order valence-electron chi connectivity index (χ1n) is 5.29. The van der Waals surface area contributed by atoms with E-state index in [1.165, 1.54) is 6.07 Å². The number of carbonyl (C=O) groups is 1. The number of halogens is 3. The van der Waals surface area contributed by atoms with Gasteiger partial charge < -0.3 is 11.1 Å². The quantitative estimate of drug-likeness (QED) is 0.803. The number of nitrogens with one attached hydrogen (secondary N) is 1. The maximum Gasteiger partial charge on any atom is 0.257 e. The third kappa shape index (κ3) is 3.32. The largest absolute Gasteiger partial charge is 0.399 e. The average molecular weight is 316 g/mol. The summed E-state index contributed by atoms with van der Waals surface area (Å²) in [4.78, 5) is 12.1. The van der Waals surface area contributed by atoms with Crippen LogP contribution in [0.15, 0.2) is 36.4 Å². The third-order valence-electron chi connectivity index (χ3n) is 2.42. The summed E-state index contributed by atoms with van der Waals surface area (Å²) < 4.78 is 0. The van der Waals surface area contributed by atoms with E-state index in [0.29, 0.717) is 27.0 Å². The number of hydrogen-bond donors (Lipinski definition) is 2. The number of benzene rings is 2. The summed E-state index contributed by atoms with van der Waals surface area (Å²) in [5, 5.41) is 3.79. The van der Waals surface area contributed by atoms with Gasteiger partial charge in [-0.15, -0.1) is 0 Å². The fourth-order valence-electron chi connectivity index (χ4n) is 1.50. The lowest BCUT2D eigenvalue weighted by atomic mass is 10.2. The molecule has 0 radical (unpaired) electrons. The summed E-state index contributed by atoms with van der Waals surface area (Å²) >= 11 is 17.7. The summed E-state index contributed by atoms with van der Waals surface area (Å²) in [6.07, 6.45) is 0. The molecular formula is C13H9Cl3N2O. The van der Waals surface area contributed by atoms with E-state index in [0.717, 1.165) is 0 Å². The molecule has 0 spiro atoms. The molecule has 0 aliphatic carbocycles. The molecule has 0 atom stereocenters. The number of nitrogens with two attached hydrogens (primary N) is 1. The third-order valence-corrected chi connectivity index (χ3v) is 3.28. The molecule has 0 heterocycles. The molecule has 2 rings (SSSR count). The highest BCUT2D eigenvalue weighted by Crippen LogP contribution is 2.27. The highest BCUT2D eigenvalue weighted by atomic mass is 35.5. The van der Waals surface area contributed by atoms with Crippen LogP contribution in [0.5, 0.6) is 0 Å². The van der Waals surface area contributed by atoms with Crippen molar-refractivity contribution in [2.24, 2.45) is 0 Å². The van der Waals surface area contributed by atoms with E-state index in [4.69, 9.17) is 40.5 Å². The van der Waals surface area contributed by atoms with E-state index in [2.05, 4.69) is 5.32 Å². The Morgan fingerprint density at radius 3 is 2.37 bits per heavy atom. The Bertz CT molecular complexity index is 644. The molecule has 1 amide bonds. The molecule has 3 N–H and O–H groups in total. The Balaban J connectivity index is 2.25. The smallest absolute Gasteiger partial charge is 0.257 e. The number of hydrogen-bond acceptors (Lipinski definition) is 2. The molecule has 2 aromatic rings. The Labute approximate surface area is 125 Å². The predicted molar refractivity (Wildman–Crippen MR) is 80.3 cm³/mol. The molecule has 6 heteroatoms. The molecule has 0 aliphatic heterocycles. The molecule has 2 aromatic carbocycles. The number of nitrogen functional groups attached to an aromatic ring is 1. The minimum atomic E-state index is -0.366. The minimum Gasteiger partial charge on any atom is -0.399 e. The highest BCUT2D eigenvalue weighted by molar-refractivity contribution is 6.37. The van der Waals surface area contributed by atoms with Gasteiger partial charge in [-0.3, -0.25) is 4.79 Å². The van der Waals surface area contributed by atoms with Crippen molar-refractivity contribution in [3.8, 4) is 0 Å². The highest BCUT2D eigenvalue weighted by Gasteiger charge is 2.12. The summed E-state index contributed by atoms with van der Waals surface area (Å²) in [5.41, 5.74) is 6.84. The van der Waals surface area contributed by atoms with Crippen molar-refractivity contribution in [3.63, 3.8) is 0 Å². The number of rotatable bonds is 2. The van der Waals surface area contributed by atoms with Gasteiger partial charge in [-0.2, -0.15) is 0 Å². The van der Waals surface area contributed by atoms with Crippen LogP contribution < -0.4 is 11.1 Å². The molecule has 0 fully saturated rings. The van der Waals surface area contributed by atoms with Crippen molar-refractivity contribution in [3.05, 3.63) is 57.0 Å². The van der Waals surface area contributed by atoms with Gasteiger partial charge in [-0.05, 0) is 36.4 Å². The molecule has 0 aliphatic rings. The van der Waals surface area contributed by atoms with Gasteiger partial charge in [0.05, 0.1) is 21.3 Å². The van der Waals surface area contributed by atoms with Gasteiger partial charge in [-0.1, -0.05) is 34.8 Å². The van der Waals surface area contributed by atoms with Crippen LogP contribution in [0.4, 0.5) is 11.4 Å². The van der Waals surface area contributed by atoms with E-state index < -0.39 is 0 Å². The van der Waals surface area contributed by atoms with E-state index in [1.54, 1.807) is 30.3 Å². The zero-order valence-electron chi connectivity index (χ0n) is 9.58. The van der Waals surface area contributed by atoms with Crippen molar-refractivity contribution >= 4 is 52.1 Å². The second kappa shape index (κ2) is 5.70. The molecule has 0 unspecified atom stereocenters. The zero-order valence-corrected chi connectivity index (χ0v) is 11.9. The maximum atomic E-state index is 12.1. The Hall–Kier alpha value is -1.42. The Morgan fingerprint density at radius 1 is 1.00 bits per heavy atom. The summed E-state index contributed by atoms with van der Waals surface area (Å²) in [6, 6.07) is 9.46. The maximum absolute atomic E-state index is 12.1. The van der Waals surface area contributed by atoms with Crippen LogP contribution in [-0.4, -0.2) is 5.91 Å².